The molecular formula is C16H17ClN4O2. The van der Waals surface area contributed by atoms with E-state index in [-0.39, 0.29) is 12.0 Å². The standard InChI is InChI=1S/C16H17ClN4O2/c1-18-16(22)14-5-6-15(20-19-14)21-8-7-13(10-21)23-12-4-2-3-11(17)9-12/h2-6,9,13H,7-8,10H2,1H3,(H,18,22). The fraction of sp³-hybridized carbons (Fsp3) is 0.312. The maximum atomic E-state index is 11.5. The number of nitrogens with one attached hydrogen (secondary N) is 1. The van der Waals surface area contributed by atoms with Crippen LogP contribution in [0, 0.1) is 0 Å². The van der Waals surface area contributed by atoms with Gasteiger partial charge in [-0.05, 0) is 30.3 Å². The Hall–Kier alpha value is -2.34. The Balaban J connectivity index is 1.62. The number of carbonyl (C=O) groups excluding carboxylic acids is 1. The highest BCUT2D eigenvalue weighted by atomic mass is 35.5. The van der Waals surface area contributed by atoms with E-state index in [0.717, 1.165) is 31.1 Å². The van der Waals surface area contributed by atoms with Gasteiger partial charge in [-0.1, -0.05) is 17.7 Å². The molecule has 0 bridgehead atoms. The van der Waals surface area contributed by atoms with Gasteiger partial charge in [-0.25, -0.2) is 0 Å². The SMILES string of the molecule is CNC(=O)c1ccc(N2CCC(Oc3cccc(Cl)c3)C2)nn1. The van der Waals surface area contributed by atoms with Gasteiger partial charge < -0.3 is 15.0 Å². The zero-order valence-corrected chi connectivity index (χ0v) is 13.5. The van der Waals surface area contributed by atoms with E-state index in [9.17, 15) is 4.79 Å². The number of aromatic nitrogens is 2. The molecule has 2 aromatic rings. The zero-order valence-electron chi connectivity index (χ0n) is 12.7. The van der Waals surface area contributed by atoms with Crippen LogP contribution in [0.15, 0.2) is 36.4 Å². The predicted octanol–water partition coefficient (Wildman–Crippen LogP) is 2.15. The Labute approximate surface area is 139 Å². The van der Waals surface area contributed by atoms with E-state index in [1.807, 2.05) is 24.3 Å². The van der Waals surface area contributed by atoms with Crippen molar-refractivity contribution in [3.8, 4) is 5.75 Å². The summed E-state index contributed by atoms with van der Waals surface area (Å²) in [5, 5.41) is 11.3. The van der Waals surface area contributed by atoms with Crippen molar-refractivity contribution in [1.29, 1.82) is 0 Å². The third-order valence-electron chi connectivity index (χ3n) is 3.68. The van der Waals surface area contributed by atoms with Crippen molar-refractivity contribution in [2.45, 2.75) is 12.5 Å². The van der Waals surface area contributed by atoms with Crippen molar-refractivity contribution in [1.82, 2.24) is 15.5 Å². The molecular weight excluding hydrogens is 316 g/mol. The number of carbonyl (C=O) groups is 1. The molecule has 1 aromatic heterocycles. The zero-order chi connectivity index (χ0) is 16.2. The minimum absolute atomic E-state index is 0.0777. The molecule has 1 aliphatic rings. The lowest BCUT2D eigenvalue weighted by Gasteiger charge is -2.17. The van der Waals surface area contributed by atoms with Gasteiger partial charge in [0, 0.05) is 25.0 Å². The third-order valence-corrected chi connectivity index (χ3v) is 3.91. The number of amides is 1. The highest BCUT2D eigenvalue weighted by Gasteiger charge is 2.25. The quantitative estimate of drug-likeness (QED) is 0.929. The van der Waals surface area contributed by atoms with Crippen LogP contribution in [0.4, 0.5) is 5.82 Å². The summed E-state index contributed by atoms with van der Waals surface area (Å²) in [6.45, 7) is 1.56. The first kappa shape index (κ1) is 15.6. The molecule has 6 nitrogen and oxygen atoms in total. The van der Waals surface area contributed by atoms with Gasteiger partial charge in [0.05, 0.1) is 6.54 Å². The van der Waals surface area contributed by atoms with E-state index in [1.165, 1.54) is 0 Å². The largest absolute Gasteiger partial charge is 0.488 e. The summed E-state index contributed by atoms with van der Waals surface area (Å²) in [5.41, 5.74) is 0.308. The summed E-state index contributed by atoms with van der Waals surface area (Å²) in [7, 11) is 1.57. The Kier molecular flexibility index (Phi) is 4.62. The number of nitrogens with zero attached hydrogens (tertiary/aromatic N) is 3. The van der Waals surface area contributed by atoms with E-state index in [1.54, 1.807) is 19.2 Å². The van der Waals surface area contributed by atoms with E-state index >= 15 is 0 Å². The molecule has 1 aliphatic heterocycles. The van der Waals surface area contributed by atoms with Crippen LogP contribution in [0.1, 0.15) is 16.9 Å². The second kappa shape index (κ2) is 6.83. The van der Waals surface area contributed by atoms with Crippen LogP contribution in [-0.2, 0) is 0 Å². The second-order valence-corrected chi connectivity index (χ2v) is 5.72. The molecule has 0 spiro atoms. The fourth-order valence-corrected chi connectivity index (χ4v) is 2.69. The van der Waals surface area contributed by atoms with Crippen molar-refractivity contribution in [2.24, 2.45) is 0 Å². The van der Waals surface area contributed by atoms with Crippen LogP contribution in [-0.4, -0.2) is 42.3 Å². The molecule has 120 valence electrons. The molecule has 1 fully saturated rings. The van der Waals surface area contributed by atoms with E-state index < -0.39 is 0 Å². The van der Waals surface area contributed by atoms with E-state index in [4.69, 9.17) is 16.3 Å². The van der Waals surface area contributed by atoms with Gasteiger partial charge >= 0.3 is 0 Å². The minimum Gasteiger partial charge on any atom is -0.488 e. The molecule has 1 N–H and O–H groups in total. The van der Waals surface area contributed by atoms with Crippen molar-refractivity contribution < 1.29 is 9.53 Å². The van der Waals surface area contributed by atoms with Gasteiger partial charge in [0.1, 0.15) is 11.9 Å². The molecule has 7 heteroatoms. The second-order valence-electron chi connectivity index (χ2n) is 5.29. The maximum absolute atomic E-state index is 11.5. The fourth-order valence-electron chi connectivity index (χ4n) is 2.51. The number of halogens is 1. The monoisotopic (exact) mass is 332 g/mol. The Morgan fingerprint density at radius 2 is 2.22 bits per heavy atom. The summed E-state index contributed by atoms with van der Waals surface area (Å²) in [6.07, 6.45) is 0.972. The number of hydrogen-bond acceptors (Lipinski definition) is 5. The average molecular weight is 333 g/mol. The highest BCUT2D eigenvalue weighted by molar-refractivity contribution is 6.30. The number of benzene rings is 1. The molecule has 2 heterocycles. The smallest absolute Gasteiger partial charge is 0.271 e. The first-order chi connectivity index (χ1) is 11.2. The first-order valence-corrected chi connectivity index (χ1v) is 7.76. The van der Waals surface area contributed by atoms with Gasteiger partial charge in [0.15, 0.2) is 11.5 Å². The summed E-state index contributed by atoms with van der Waals surface area (Å²) in [4.78, 5) is 13.6. The van der Waals surface area contributed by atoms with Crippen molar-refractivity contribution in [2.75, 3.05) is 25.0 Å². The summed E-state index contributed by atoms with van der Waals surface area (Å²) in [5.74, 6) is 1.27. The molecule has 3 rings (SSSR count). The van der Waals surface area contributed by atoms with E-state index in [0.29, 0.717) is 10.7 Å². The Bertz CT molecular complexity index is 693. The number of ether oxygens (including phenoxy) is 1. The van der Waals surface area contributed by atoms with Gasteiger partial charge in [-0.3, -0.25) is 4.79 Å². The highest BCUT2D eigenvalue weighted by Crippen LogP contribution is 2.23. The van der Waals surface area contributed by atoms with Gasteiger partial charge in [0.2, 0.25) is 0 Å². The topological polar surface area (TPSA) is 67.4 Å². The first-order valence-electron chi connectivity index (χ1n) is 7.38. The lowest BCUT2D eigenvalue weighted by atomic mass is 10.3. The molecule has 0 radical (unpaired) electrons. The van der Waals surface area contributed by atoms with Crippen LogP contribution in [0.2, 0.25) is 5.02 Å². The van der Waals surface area contributed by atoms with Gasteiger partial charge in [-0.2, -0.15) is 0 Å². The normalized spacial score (nSPS) is 17.1. The number of hydrogen-bond donors (Lipinski definition) is 1. The minimum atomic E-state index is -0.243. The molecule has 1 aromatic carbocycles. The van der Waals surface area contributed by atoms with Crippen molar-refractivity contribution >= 4 is 23.3 Å². The molecule has 1 unspecified atom stereocenters. The molecule has 1 atom stereocenters. The lowest BCUT2D eigenvalue weighted by Crippen LogP contribution is -2.26. The van der Waals surface area contributed by atoms with Crippen LogP contribution in [0.5, 0.6) is 5.75 Å². The molecule has 1 amide bonds. The predicted molar refractivity (Wildman–Crippen MR) is 88.1 cm³/mol. The van der Waals surface area contributed by atoms with Crippen molar-refractivity contribution in [3.05, 3.63) is 47.1 Å². The number of anilines is 1. The lowest BCUT2D eigenvalue weighted by molar-refractivity contribution is 0.0957. The van der Waals surface area contributed by atoms with Gasteiger partial charge in [0.25, 0.3) is 5.91 Å². The van der Waals surface area contributed by atoms with Crippen LogP contribution in [0.3, 0.4) is 0 Å². The van der Waals surface area contributed by atoms with Crippen molar-refractivity contribution in [3.63, 3.8) is 0 Å². The molecule has 0 saturated carbocycles. The summed E-state index contributed by atoms with van der Waals surface area (Å²) >= 11 is 5.97. The Morgan fingerprint density at radius 3 is 2.91 bits per heavy atom. The molecule has 1 saturated heterocycles. The third kappa shape index (κ3) is 3.71. The maximum Gasteiger partial charge on any atom is 0.271 e. The molecule has 23 heavy (non-hydrogen) atoms. The molecule has 0 aliphatic carbocycles. The summed E-state index contributed by atoms with van der Waals surface area (Å²) < 4.78 is 5.95. The van der Waals surface area contributed by atoms with Crippen LogP contribution < -0.4 is 15.0 Å². The number of rotatable bonds is 4. The van der Waals surface area contributed by atoms with Crippen LogP contribution >= 0.6 is 11.6 Å². The van der Waals surface area contributed by atoms with Crippen LogP contribution in [0.25, 0.3) is 0 Å². The van der Waals surface area contributed by atoms with Gasteiger partial charge in [-0.15, -0.1) is 10.2 Å². The Morgan fingerprint density at radius 1 is 1.35 bits per heavy atom. The van der Waals surface area contributed by atoms with E-state index in [2.05, 4.69) is 20.4 Å². The summed E-state index contributed by atoms with van der Waals surface area (Å²) in [6, 6.07) is 10.9. The average Bonchev–Trinajstić information content (AvgIpc) is 3.03.